The molecule has 10 rings (SSSR count). The first-order valence-corrected chi connectivity index (χ1v) is 20.3. The lowest BCUT2D eigenvalue weighted by Gasteiger charge is -2.00. The maximum Gasteiger partial charge on any atom is 0.184 e. The second kappa shape index (κ2) is 20.9. The minimum atomic E-state index is 0. The van der Waals surface area contributed by atoms with Gasteiger partial charge in [-0.3, -0.25) is 15.2 Å². The average Bonchev–Trinajstić information content (AvgIpc) is 4.10. The van der Waals surface area contributed by atoms with Gasteiger partial charge in [-0.15, -0.1) is 0 Å². The van der Waals surface area contributed by atoms with Gasteiger partial charge in [-0.1, -0.05) is 76.7 Å². The minimum Gasteiger partial charge on any atom is -0.346 e. The van der Waals surface area contributed by atoms with Gasteiger partial charge in [0.1, 0.15) is 29.5 Å². The van der Waals surface area contributed by atoms with Crippen molar-refractivity contribution in [2.75, 3.05) is 0 Å². The normalized spacial score (nSPS) is 11.1. The summed E-state index contributed by atoms with van der Waals surface area (Å²) in [5.74, 6) is 2.48. The molecule has 10 heterocycles. The van der Waals surface area contributed by atoms with Crippen LogP contribution >= 0.6 is 0 Å². The fourth-order valence-corrected chi connectivity index (χ4v) is 6.65. The van der Waals surface area contributed by atoms with Crippen LogP contribution in [-0.2, 0) is 0 Å². The Morgan fingerprint density at radius 1 is 0.426 bits per heavy atom. The fraction of sp³-hybridized carbons (Fsp3) is 0.348. The first kappa shape index (κ1) is 45.2. The third-order valence-electron chi connectivity index (χ3n) is 9.85. The second-order valence-corrected chi connectivity index (χ2v) is 15.9. The predicted octanol–water partition coefficient (Wildman–Crippen LogP) is 11.0. The molecular formula is C46H59N15. The van der Waals surface area contributed by atoms with Crippen molar-refractivity contribution in [1.29, 1.82) is 0 Å². The van der Waals surface area contributed by atoms with E-state index in [9.17, 15) is 0 Å². The summed E-state index contributed by atoms with van der Waals surface area (Å²) in [5, 5.41) is 18.7. The summed E-state index contributed by atoms with van der Waals surface area (Å²) >= 11 is 0. The largest absolute Gasteiger partial charge is 0.346 e. The van der Waals surface area contributed by atoms with Crippen LogP contribution in [0.1, 0.15) is 134 Å². The van der Waals surface area contributed by atoms with Crippen LogP contribution < -0.4 is 0 Å². The van der Waals surface area contributed by atoms with Crippen molar-refractivity contribution in [3.8, 4) is 0 Å². The SMILES string of the molecule is C.CC(C)c1[nH]nc2ncccc12.CC(C)c1[nH]nc2ncncc12.CC(C)c1c[nH]c2ncccc12.CC(C)c1c[nH]c2nccnc12.CC(C)c1c[nH]c2ncncc12. The first-order valence-electron chi connectivity index (χ1n) is 20.3. The van der Waals surface area contributed by atoms with Gasteiger partial charge in [-0.25, -0.2) is 34.9 Å². The lowest BCUT2D eigenvalue weighted by molar-refractivity contribution is 0.817. The number of nitrogens with zero attached hydrogens (tertiary/aromatic N) is 10. The summed E-state index contributed by atoms with van der Waals surface area (Å²) in [6.45, 7) is 21.5. The Hall–Kier alpha value is -6.90. The zero-order valence-electron chi connectivity index (χ0n) is 36.0. The number of hydrogen-bond donors (Lipinski definition) is 5. The number of H-pyrrole nitrogens is 5. The molecule has 0 amide bonds. The molecule has 0 bridgehead atoms. The zero-order valence-corrected chi connectivity index (χ0v) is 36.0. The molecule has 5 N–H and O–H groups in total. The minimum absolute atomic E-state index is 0. The standard InChI is InChI=1S/C10H12N2.3C9H11N3.C8H10N4.CH4/c1-7(2)9-6-12-10-8(9)4-3-5-11-10;1-6(2)7-4-11-9-8(7)3-10-5-12-9;1-6(2)7-5-12-9-8(7)10-3-4-11-9;1-6(2)8-7-4-3-5-10-9(7)12-11-8;1-5(2)7-6-3-9-4-10-8(6)12-11-7;/h3-7H,1-2H3,(H,11,12);3-6H,1-2H3,(H,10,11,12);3-6H,1-2H3,(H,11,12);3-6H,1-2H3,(H,10,11,12);3-5H,1-2H3,(H,9,10,11,12);1H4. The third kappa shape index (κ3) is 10.8. The van der Waals surface area contributed by atoms with Gasteiger partial charge in [0.15, 0.2) is 16.9 Å². The molecule has 0 spiro atoms. The molecule has 318 valence electrons. The highest BCUT2D eigenvalue weighted by Crippen LogP contribution is 2.25. The number of aromatic nitrogens is 15. The molecule has 0 atom stereocenters. The summed E-state index contributed by atoms with van der Waals surface area (Å²) in [6.07, 6.45) is 19.7. The van der Waals surface area contributed by atoms with Crippen LogP contribution in [0.15, 0.2) is 92.7 Å². The number of fused-ring (bicyclic) bond motifs is 5. The number of pyridine rings is 2. The van der Waals surface area contributed by atoms with Crippen molar-refractivity contribution in [2.24, 2.45) is 0 Å². The van der Waals surface area contributed by atoms with Crippen molar-refractivity contribution in [1.82, 2.24) is 75.2 Å². The summed E-state index contributed by atoms with van der Waals surface area (Å²) in [4.78, 5) is 42.3. The van der Waals surface area contributed by atoms with Gasteiger partial charge >= 0.3 is 0 Å². The molecule has 15 heteroatoms. The molecule has 0 aromatic carbocycles. The maximum absolute atomic E-state index is 4.27. The van der Waals surface area contributed by atoms with E-state index in [1.807, 2.05) is 49.2 Å². The Balaban J connectivity index is 0.000000144. The summed E-state index contributed by atoms with van der Waals surface area (Å²) < 4.78 is 0. The third-order valence-corrected chi connectivity index (χ3v) is 9.85. The molecule has 0 fully saturated rings. The van der Waals surface area contributed by atoms with Gasteiger partial charge in [0.05, 0.1) is 5.39 Å². The molecule has 0 aliphatic rings. The van der Waals surface area contributed by atoms with Gasteiger partial charge in [-0.05, 0) is 65.0 Å². The molecular weight excluding hydrogens is 763 g/mol. The molecule has 0 unspecified atom stereocenters. The molecule has 0 aliphatic carbocycles. The monoisotopic (exact) mass is 822 g/mol. The Bertz CT molecular complexity index is 2400. The van der Waals surface area contributed by atoms with Gasteiger partial charge in [0, 0.05) is 88.9 Å². The van der Waals surface area contributed by atoms with E-state index >= 15 is 0 Å². The number of hydrogen-bond acceptors (Lipinski definition) is 10. The average molecular weight is 822 g/mol. The Morgan fingerprint density at radius 2 is 0.902 bits per heavy atom. The molecule has 15 nitrogen and oxygen atoms in total. The van der Waals surface area contributed by atoms with Crippen LogP contribution in [0.3, 0.4) is 0 Å². The van der Waals surface area contributed by atoms with Crippen LogP contribution in [0.5, 0.6) is 0 Å². The highest BCUT2D eigenvalue weighted by molar-refractivity contribution is 5.81. The number of aromatic amines is 5. The van der Waals surface area contributed by atoms with E-state index in [1.54, 1.807) is 31.1 Å². The first-order chi connectivity index (χ1) is 28.9. The van der Waals surface area contributed by atoms with E-state index < -0.39 is 0 Å². The molecule has 10 aromatic rings. The second-order valence-electron chi connectivity index (χ2n) is 15.9. The molecule has 61 heavy (non-hydrogen) atoms. The Morgan fingerprint density at radius 3 is 1.54 bits per heavy atom. The van der Waals surface area contributed by atoms with Crippen LogP contribution in [0, 0.1) is 0 Å². The lowest BCUT2D eigenvalue weighted by Crippen LogP contribution is -1.87. The maximum atomic E-state index is 4.27. The van der Waals surface area contributed by atoms with Crippen molar-refractivity contribution >= 4 is 55.3 Å². The Labute approximate surface area is 356 Å². The van der Waals surface area contributed by atoms with Crippen molar-refractivity contribution in [3.63, 3.8) is 0 Å². The highest BCUT2D eigenvalue weighted by atomic mass is 15.2. The van der Waals surface area contributed by atoms with Crippen LogP contribution in [0.4, 0.5) is 0 Å². The molecule has 10 aromatic heterocycles. The smallest absolute Gasteiger partial charge is 0.184 e. The Kier molecular flexibility index (Phi) is 15.5. The summed E-state index contributed by atoms with van der Waals surface area (Å²) in [5.41, 5.74) is 11.5. The van der Waals surface area contributed by atoms with Gasteiger partial charge in [0.2, 0.25) is 0 Å². The van der Waals surface area contributed by atoms with E-state index in [2.05, 4.69) is 151 Å². The van der Waals surface area contributed by atoms with Gasteiger partial charge in [0.25, 0.3) is 0 Å². The van der Waals surface area contributed by atoms with Crippen LogP contribution in [0.2, 0.25) is 0 Å². The lowest BCUT2D eigenvalue weighted by atomic mass is 10.0. The molecule has 0 aliphatic heterocycles. The van der Waals surface area contributed by atoms with Gasteiger partial charge < -0.3 is 15.0 Å². The van der Waals surface area contributed by atoms with Crippen LogP contribution in [0.25, 0.3) is 55.3 Å². The molecule has 0 saturated carbocycles. The highest BCUT2D eigenvalue weighted by Gasteiger charge is 2.11. The van der Waals surface area contributed by atoms with E-state index in [0.717, 1.165) is 61.3 Å². The van der Waals surface area contributed by atoms with E-state index in [4.69, 9.17) is 0 Å². The number of nitrogens with one attached hydrogen (secondary N) is 5. The summed E-state index contributed by atoms with van der Waals surface area (Å²) in [6, 6.07) is 8.06. The van der Waals surface area contributed by atoms with E-state index in [1.165, 1.54) is 28.4 Å². The topological polar surface area (TPSA) is 208 Å². The van der Waals surface area contributed by atoms with Gasteiger partial charge in [-0.2, -0.15) is 10.2 Å². The fourth-order valence-electron chi connectivity index (χ4n) is 6.65. The zero-order chi connectivity index (χ0) is 42.8. The van der Waals surface area contributed by atoms with Crippen molar-refractivity contribution in [3.05, 3.63) is 121 Å². The number of rotatable bonds is 5. The quantitative estimate of drug-likeness (QED) is 0.111. The van der Waals surface area contributed by atoms with Crippen LogP contribution in [-0.4, -0.2) is 75.2 Å². The van der Waals surface area contributed by atoms with Crippen molar-refractivity contribution in [2.45, 2.75) is 106 Å². The summed E-state index contributed by atoms with van der Waals surface area (Å²) in [7, 11) is 0. The van der Waals surface area contributed by atoms with E-state index in [-0.39, 0.29) is 7.43 Å². The van der Waals surface area contributed by atoms with Crippen molar-refractivity contribution < 1.29 is 0 Å². The molecule has 0 radical (unpaired) electrons. The molecule has 0 saturated heterocycles. The predicted molar refractivity (Wildman–Crippen MR) is 247 cm³/mol. The van der Waals surface area contributed by atoms with E-state index in [0.29, 0.717) is 29.6 Å².